The van der Waals surface area contributed by atoms with Crippen LogP contribution in [-0.2, 0) is 19.4 Å². The number of aromatic nitrogens is 3. The smallest absolute Gasteiger partial charge is 0.250 e. The third-order valence-corrected chi connectivity index (χ3v) is 7.71. The van der Waals surface area contributed by atoms with Crippen molar-refractivity contribution in [3.05, 3.63) is 89.4 Å². The molecule has 0 saturated heterocycles. The number of hydrogen-bond donors (Lipinski definition) is 3. The maximum atomic E-state index is 12.7. The number of aromatic amines is 1. The molecule has 0 spiro atoms. The Balaban J connectivity index is 1.55. The number of pyridine rings is 1. The maximum absolute atomic E-state index is 12.7. The molecule has 1 aliphatic heterocycles. The summed E-state index contributed by atoms with van der Waals surface area (Å²) in [6, 6.07) is 16.0. The van der Waals surface area contributed by atoms with Crippen LogP contribution in [-0.4, -0.2) is 46.4 Å². The highest BCUT2D eigenvalue weighted by molar-refractivity contribution is 5.98. The van der Waals surface area contributed by atoms with Crippen molar-refractivity contribution < 1.29 is 19.4 Å². The lowest BCUT2D eigenvalue weighted by atomic mass is 9.85. The van der Waals surface area contributed by atoms with Crippen LogP contribution in [0.3, 0.4) is 0 Å². The van der Waals surface area contributed by atoms with Crippen LogP contribution < -0.4 is 15.2 Å². The molecule has 2 aromatic carbocycles. The van der Waals surface area contributed by atoms with E-state index in [1.807, 2.05) is 42.7 Å². The lowest BCUT2D eigenvalue weighted by molar-refractivity contribution is 0.0998. The van der Waals surface area contributed by atoms with Crippen LogP contribution in [0.25, 0.3) is 33.3 Å². The third-order valence-electron chi connectivity index (χ3n) is 7.71. The number of nitrogens with two attached hydrogens (primary N) is 1. The van der Waals surface area contributed by atoms with E-state index >= 15 is 0 Å². The molecule has 1 atom stereocenters. The Morgan fingerprint density at radius 3 is 2.74 bits per heavy atom. The number of fused-ring (bicyclic) bond motifs is 4. The topological polar surface area (TPSA) is 115 Å². The van der Waals surface area contributed by atoms with E-state index < -0.39 is 5.91 Å². The molecule has 39 heavy (non-hydrogen) atoms. The van der Waals surface area contributed by atoms with Crippen molar-refractivity contribution in [2.45, 2.75) is 25.3 Å². The molecule has 8 heteroatoms. The van der Waals surface area contributed by atoms with Gasteiger partial charge in [0, 0.05) is 58.6 Å². The average molecular weight is 523 g/mol. The van der Waals surface area contributed by atoms with E-state index in [1.165, 1.54) is 0 Å². The molecule has 0 bridgehead atoms. The molecule has 4 heterocycles. The number of hydrogen-bond acceptors (Lipinski definition) is 5. The monoisotopic (exact) mass is 522 g/mol. The van der Waals surface area contributed by atoms with Gasteiger partial charge in [-0.2, -0.15) is 0 Å². The van der Waals surface area contributed by atoms with Gasteiger partial charge in [0.25, 0.3) is 5.91 Å². The number of nitrogens with one attached hydrogen (secondary N) is 1. The number of rotatable bonds is 8. The molecule has 8 nitrogen and oxygen atoms in total. The summed E-state index contributed by atoms with van der Waals surface area (Å²) in [5.41, 5.74) is 13.9. The number of nitrogens with zero attached hydrogens (tertiary/aromatic N) is 2. The molecule has 0 radical (unpaired) electrons. The molecule has 0 aliphatic carbocycles. The molecule has 0 unspecified atom stereocenters. The van der Waals surface area contributed by atoms with Crippen LogP contribution in [0.2, 0.25) is 0 Å². The Morgan fingerprint density at radius 2 is 1.97 bits per heavy atom. The van der Waals surface area contributed by atoms with E-state index in [9.17, 15) is 9.90 Å². The number of carbonyl (C=O) groups is 1. The van der Waals surface area contributed by atoms with Gasteiger partial charge in [-0.05, 0) is 59.9 Å². The first-order valence-electron chi connectivity index (χ1n) is 12.9. The van der Waals surface area contributed by atoms with Crippen LogP contribution in [0.5, 0.6) is 11.6 Å². The SMILES string of the molecule is COc1cc2c(cc1-c1cccnc1OC)-c1c([C@H](CO)Cc3c[nH]c4ccccc34)c(C(N)=O)cn1CC2. The van der Waals surface area contributed by atoms with Gasteiger partial charge in [0.15, 0.2) is 0 Å². The van der Waals surface area contributed by atoms with Gasteiger partial charge in [0.2, 0.25) is 5.88 Å². The molecule has 198 valence electrons. The Bertz CT molecular complexity index is 1700. The van der Waals surface area contributed by atoms with Gasteiger partial charge in [-0.3, -0.25) is 4.79 Å². The fraction of sp³-hybridized carbons (Fsp3) is 0.226. The first-order valence-corrected chi connectivity index (χ1v) is 12.9. The van der Waals surface area contributed by atoms with E-state index in [1.54, 1.807) is 20.4 Å². The predicted octanol–water partition coefficient (Wildman–Crippen LogP) is 4.69. The number of H-pyrrole nitrogens is 1. The van der Waals surface area contributed by atoms with Gasteiger partial charge in [0.1, 0.15) is 5.75 Å². The van der Waals surface area contributed by atoms with Crippen molar-refractivity contribution in [2.75, 3.05) is 20.8 Å². The summed E-state index contributed by atoms with van der Waals surface area (Å²) in [7, 11) is 3.24. The van der Waals surface area contributed by atoms with Gasteiger partial charge in [-0.15, -0.1) is 0 Å². The van der Waals surface area contributed by atoms with Gasteiger partial charge in [-0.25, -0.2) is 4.98 Å². The largest absolute Gasteiger partial charge is 0.496 e. The minimum atomic E-state index is -0.506. The average Bonchev–Trinajstić information content (AvgIpc) is 3.57. The highest BCUT2D eigenvalue weighted by Gasteiger charge is 2.31. The van der Waals surface area contributed by atoms with E-state index in [0.29, 0.717) is 30.2 Å². The van der Waals surface area contributed by atoms with Crippen molar-refractivity contribution in [1.29, 1.82) is 0 Å². The zero-order valence-electron chi connectivity index (χ0n) is 21.9. The van der Waals surface area contributed by atoms with Crippen LogP contribution in [0.15, 0.2) is 67.1 Å². The standard InChI is InChI=1S/C31H30N4O4/c1-38-27-13-18-9-11-35-16-25(30(32)37)28(20(17-36)12-19-15-34-26-8-4-3-6-21(19)26)29(35)23(18)14-24(27)22-7-5-10-33-31(22)39-2/h3-8,10,13-16,20,34,36H,9,11-12,17H2,1-2H3,(H2,32,37)/t20-/m0/s1. The Labute approximate surface area is 226 Å². The quantitative estimate of drug-likeness (QED) is 0.274. The Morgan fingerprint density at radius 1 is 1.13 bits per heavy atom. The van der Waals surface area contributed by atoms with Crippen molar-refractivity contribution >= 4 is 16.8 Å². The maximum Gasteiger partial charge on any atom is 0.250 e. The molecule has 3 aromatic heterocycles. The highest BCUT2D eigenvalue weighted by Crippen LogP contribution is 2.45. The number of primary amides is 1. The lowest BCUT2D eigenvalue weighted by Crippen LogP contribution is -2.18. The summed E-state index contributed by atoms with van der Waals surface area (Å²) in [5, 5.41) is 11.8. The molecule has 0 saturated carbocycles. The fourth-order valence-electron chi connectivity index (χ4n) is 5.91. The summed E-state index contributed by atoms with van der Waals surface area (Å²) >= 11 is 0. The molecule has 6 rings (SSSR count). The van der Waals surface area contributed by atoms with E-state index in [-0.39, 0.29) is 12.5 Å². The van der Waals surface area contributed by atoms with Crippen LogP contribution in [0.1, 0.15) is 33.0 Å². The second-order valence-corrected chi connectivity index (χ2v) is 9.83. The van der Waals surface area contributed by atoms with Crippen molar-refractivity contribution in [3.63, 3.8) is 0 Å². The third kappa shape index (κ3) is 4.13. The van der Waals surface area contributed by atoms with Gasteiger partial charge in [-0.1, -0.05) is 18.2 Å². The summed E-state index contributed by atoms with van der Waals surface area (Å²) in [6.45, 7) is 0.554. The van der Waals surface area contributed by atoms with Crippen LogP contribution in [0.4, 0.5) is 0 Å². The normalized spacial score (nSPS) is 13.1. The van der Waals surface area contributed by atoms with Crippen molar-refractivity contribution in [1.82, 2.24) is 14.5 Å². The lowest BCUT2D eigenvalue weighted by Gasteiger charge is -2.25. The fourth-order valence-corrected chi connectivity index (χ4v) is 5.91. The van der Waals surface area contributed by atoms with Crippen molar-refractivity contribution in [2.24, 2.45) is 5.73 Å². The first-order chi connectivity index (χ1) is 19.0. The number of aryl methyl sites for hydroxylation is 2. The number of carbonyl (C=O) groups excluding carboxylic acids is 1. The Hall–Kier alpha value is -4.56. The number of ether oxygens (including phenoxy) is 2. The molecule has 4 N–H and O–H groups in total. The zero-order chi connectivity index (χ0) is 27.1. The number of aliphatic hydroxyl groups is 1. The zero-order valence-corrected chi connectivity index (χ0v) is 21.9. The summed E-state index contributed by atoms with van der Waals surface area (Å²) in [4.78, 5) is 20.4. The minimum absolute atomic E-state index is 0.133. The second kappa shape index (κ2) is 9.96. The molecule has 1 amide bonds. The van der Waals surface area contributed by atoms with E-state index in [0.717, 1.165) is 56.4 Å². The molecular formula is C31H30N4O4. The van der Waals surface area contributed by atoms with E-state index in [2.05, 4.69) is 32.7 Å². The highest BCUT2D eigenvalue weighted by atomic mass is 16.5. The molecule has 0 fully saturated rings. The predicted molar refractivity (Wildman–Crippen MR) is 150 cm³/mol. The van der Waals surface area contributed by atoms with Gasteiger partial charge >= 0.3 is 0 Å². The second-order valence-electron chi connectivity index (χ2n) is 9.83. The molecular weight excluding hydrogens is 492 g/mol. The molecule has 1 aliphatic rings. The minimum Gasteiger partial charge on any atom is -0.496 e. The summed E-state index contributed by atoms with van der Waals surface area (Å²) in [6.07, 6.45) is 6.81. The number of benzene rings is 2. The van der Waals surface area contributed by atoms with Crippen LogP contribution in [0, 0.1) is 0 Å². The molecule has 5 aromatic rings. The van der Waals surface area contributed by atoms with Gasteiger partial charge < -0.3 is 29.9 Å². The first kappa shape index (κ1) is 24.8. The van der Waals surface area contributed by atoms with Crippen molar-refractivity contribution in [3.8, 4) is 34.0 Å². The number of para-hydroxylation sites is 1. The Kier molecular flexibility index (Phi) is 6.32. The number of methoxy groups -OCH3 is 2. The van der Waals surface area contributed by atoms with E-state index in [4.69, 9.17) is 15.2 Å². The number of aliphatic hydroxyl groups excluding tert-OH is 1. The summed E-state index contributed by atoms with van der Waals surface area (Å²) < 4.78 is 13.4. The summed E-state index contributed by atoms with van der Waals surface area (Å²) in [5.74, 6) is 0.364. The van der Waals surface area contributed by atoms with Crippen LogP contribution >= 0.6 is 0 Å². The van der Waals surface area contributed by atoms with Gasteiger partial charge in [0.05, 0.1) is 32.1 Å². The number of amides is 1.